The first kappa shape index (κ1) is 31.2. The molecule has 1 amide bonds. The van der Waals surface area contributed by atoms with Crippen molar-refractivity contribution in [3.05, 3.63) is 65.0 Å². The number of H-pyrrole nitrogens is 1. The summed E-state index contributed by atoms with van der Waals surface area (Å²) in [5.74, 6) is -1.90. The van der Waals surface area contributed by atoms with Crippen molar-refractivity contribution in [3.63, 3.8) is 0 Å². The van der Waals surface area contributed by atoms with Crippen LogP contribution in [0.15, 0.2) is 42.6 Å². The third-order valence-electron chi connectivity index (χ3n) is 7.03. The molecule has 2 aromatic carbocycles. The van der Waals surface area contributed by atoms with E-state index in [-0.39, 0.29) is 59.4 Å². The number of phenols is 1. The molecule has 9 N–H and O–H groups in total. The zero-order valence-corrected chi connectivity index (χ0v) is 24.6. The van der Waals surface area contributed by atoms with Gasteiger partial charge in [-0.3, -0.25) is 9.59 Å². The van der Waals surface area contributed by atoms with E-state index in [0.29, 0.717) is 41.2 Å². The summed E-state index contributed by atoms with van der Waals surface area (Å²) in [4.78, 5) is 54.1. The number of hydrogen-bond acceptors (Lipinski definition) is 14. The quantitative estimate of drug-likeness (QED) is 0.0559. The SMILES string of the molecule is Cc1ccc(C(=O)CCCC[C@H](NC(=O)c2ccc(NCc3cnc4nc(N)nc(N)c4n3)c(O)c2)C(=O)O)c(-c2nn[nH]n2)c1. The summed E-state index contributed by atoms with van der Waals surface area (Å²) in [6.45, 7) is 2.04. The number of benzene rings is 2. The molecule has 0 spiro atoms. The number of nitrogen functional groups attached to an aromatic ring is 2. The molecule has 17 heteroatoms. The molecular weight excluding hydrogens is 596 g/mol. The molecule has 3 aromatic heterocycles. The van der Waals surface area contributed by atoms with Gasteiger partial charge in [0, 0.05) is 23.1 Å². The van der Waals surface area contributed by atoms with Crippen molar-refractivity contribution in [2.24, 2.45) is 0 Å². The van der Waals surface area contributed by atoms with E-state index >= 15 is 0 Å². The minimum Gasteiger partial charge on any atom is -0.506 e. The number of carbonyl (C=O) groups is 3. The van der Waals surface area contributed by atoms with Crippen molar-refractivity contribution < 1.29 is 24.6 Å². The maximum atomic E-state index is 13.0. The van der Waals surface area contributed by atoms with Crippen LogP contribution >= 0.6 is 0 Å². The number of nitrogens with two attached hydrogens (primary N) is 2. The van der Waals surface area contributed by atoms with Gasteiger partial charge in [-0.1, -0.05) is 24.1 Å². The van der Waals surface area contributed by atoms with Crippen molar-refractivity contribution >= 4 is 46.3 Å². The Balaban J connectivity index is 1.14. The molecule has 3 heterocycles. The van der Waals surface area contributed by atoms with Crippen molar-refractivity contribution in [1.82, 2.24) is 45.9 Å². The number of unbranched alkanes of at least 4 members (excludes halogenated alkanes) is 1. The lowest BCUT2D eigenvalue weighted by atomic mass is 9.97. The largest absolute Gasteiger partial charge is 0.506 e. The number of hydrogen-bond donors (Lipinski definition) is 7. The minimum atomic E-state index is -1.22. The van der Waals surface area contributed by atoms with Crippen LogP contribution in [-0.2, 0) is 11.3 Å². The van der Waals surface area contributed by atoms with E-state index in [1.54, 1.807) is 12.1 Å². The number of aliphatic carboxylic acids is 1. The second-order valence-electron chi connectivity index (χ2n) is 10.4. The zero-order chi connectivity index (χ0) is 32.8. The van der Waals surface area contributed by atoms with E-state index in [1.165, 1.54) is 24.4 Å². The Kier molecular flexibility index (Phi) is 9.20. The van der Waals surface area contributed by atoms with E-state index in [1.807, 2.05) is 13.0 Å². The van der Waals surface area contributed by atoms with Crippen molar-refractivity contribution in [2.75, 3.05) is 16.8 Å². The minimum absolute atomic E-state index is 0.0173. The number of anilines is 3. The van der Waals surface area contributed by atoms with E-state index in [2.05, 4.69) is 51.2 Å². The highest BCUT2D eigenvalue weighted by atomic mass is 16.4. The highest BCUT2D eigenvalue weighted by Crippen LogP contribution is 2.26. The number of fused-ring (bicyclic) bond motifs is 1. The van der Waals surface area contributed by atoms with Gasteiger partial charge in [-0.15, -0.1) is 10.2 Å². The lowest BCUT2D eigenvalue weighted by molar-refractivity contribution is -0.139. The predicted octanol–water partition coefficient (Wildman–Crippen LogP) is 2.02. The molecule has 0 aliphatic rings. The summed E-state index contributed by atoms with van der Waals surface area (Å²) in [6.07, 6.45) is 2.49. The van der Waals surface area contributed by atoms with Gasteiger partial charge in [-0.2, -0.15) is 15.2 Å². The molecule has 5 rings (SSSR count). The third-order valence-corrected chi connectivity index (χ3v) is 7.03. The number of phenolic OH excluding ortho intramolecular Hbond substituents is 1. The normalized spacial score (nSPS) is 11.7. The van der Waals surface area contributed by atoms with Gasteiger partial charge in [-0.05, 0) is 49.2 Å². The Morgan fingerprint density at radius 3 is 2.61 bits per heavy atom. The Labute approximate surface area is 260 Å². The van der Waals surface area contributed by atoms with Crippen LogP contribution in [-0.4, -0.2) is 74.5 Å². The van der Waals surface area contributed by atoms with Crippen molar-refractivity contribution in [3.8, 4) is 17.1 Å². The molecule has 236 valence electrons. The number of ketones is 1. The van der Waals surface area contributed by atoms with E-state index in [0.717, 1.165) is 5.56 Å². The molecule has 0 unspecified atom stereocenters. The fourth-order valence-electron chi connectivity index (χ4n) is 4.71. The van der Waals surface area contributed by atoms with Gasteiger partial charge >= 0.3 is 5.97 Å². The van der Waals surface area contributed by atoms with Gasteiger partial charge in [0.25, 0.3) is 5.91 Å². The fourth-order valence-corrected chi connectivity index (χ4v) is 4.71. The molecule has 0 saturated heterocycles. The van der Waals surface area contributed by atoms with Gasteiger partial charge in [0.1, 0.15) is 11.8 Å². The van der Waals surface area contributed by atoms with Crippen LogP contribution < -0.4 is 22.1 Å². The molecule has 0 bridgehead atoms. The molecule has 0 saturated carbocycles. The van der Waals surface area contributed by atoms with Crippen LogP contribution in [0.1, 0.15) is 57.7 Å². The summed E-state index contributed by atoms with van der Waals surface area (Å²) < 4.78 is 0. The van der Waals surface area contributed by atoms with Crippen LogP contribution in [0.3, 0.4) is 0 Å². The average Bonchev–Trinajstić information content (AvgIpc) is 3.57. The number of amides is 1. The molecule has 17 nitrogen and oxygen atoms in total. The maximum Gasteiger partial charge on any atom is 0.326 e. The second-order valence-corrected chi connectivity index (χ2v) is 10.4. The molecule has 0 aliphatic heterocycles. The number of carbonyl (C=O) groups excluding carboxylic acids is 2. The lowest BCUT2D eigenvalue weighted by Gasteiger charge is -2.15. The number of nitrogens with zero attached hydrogens (tertiary/aromatic N) is 7. The molecule has 46 heavy (non-hydrogen) atoms. The van der Waals surface area contributed by atoms with Crippen LogP contribution in [0.4, 0.5) is 17.5 Å². The number of rotatable bonds is 13. The number of tetrazole rings is 1. The number of aromatic nitrogens is 8. The van der Waals surface area contributed by atoms with Crippen molar-refractivity contribution in [1.29, 1.82) is 0 Å². The summed E-state index contributed by atoms with van der Waals surface area (Å²) >= 11 is 0. The van der Waals surface area contributed by atoms with Gasteiger partial charge in [0.05, 0.1) is 24.1 Å². The Bertz CT molecular complexity index is 1920. The molecular formula is C29H30N12O5. The summed E-state index contributed by atoms with van der Waals surface area (Å²) in [7, 11) is 0. The van der Waals surface area contributed by atoms with E-state index in [9.17, 15) is 24.6 Å². The van der Waals surface area contributed by atoms with Crippen molar-refractivity contribution in [2.45, 2.75) is 45.2 Å². The highest BCUT2D eigenvalue weighted by molar-refractivity contribution is 6.01. The number of aromatic hydroxyl groups is 1. The van der Waals surface area contributed by atoms with Gasteiger partial charge < -0.3 is 32.3 Å². The topological polar surface area (TPSA) is 274 Å². The van der Waals surface area contributed by atoms with Gasteiger partial charge in [-0.25, -0.2) is 14.8 Å². The number of carboxylic acid groups (broad SMARTS) is 1. The van der Waals surface area contributed by atoms with E-state index < -0.39 is 17.9 Å². The van der Waals surface area contributed by atoms with Crippen LogP contribution in [0.2, 0.25) is 0 Å². The van der Waals surface area contributed by atoms with E-state index in [4.69, 9.17) is 11.5 Å². The maximum absolute atomic E-state index is 13.0. The number of aryl methyl sites for hydroxylation is 1. The van der Waals surface area contributed by atoms with Crippen LogP contribution in [0.5, 0.6) is 5.75 Å². The lowest BCUT2D eigenvalue weighted by Crippen LogP contribution is -2.40. The number of aromatic amines is 1. The Hall–Kier alpha value is -6.26. The van der Waals surface area contributed by atoms with Crippen LogP contribution in [0.25, 0.3) is 22.6 Å². The average molecular weight is 627 g/mol. The first-order valence-electron chi connectivity index (χ1n) is 14.1. The van der Waals surface area contributed by atoms with Crippen LogP contribution in [0, 0.1) is 6.92 Å². The summed E-state index contributed by atoms with van der Waals surface area (Å²) in [6, 6.07) is 8.27. The third kappa shape index (κ3) is 7.26. The molecule has 0 aliphatic carbocycles. The monoisotopic (exact) mass is 626 g/mol. The Morgan fingerprint density at radius 1 is 1.04 bits per heavy atom. The molecule has 5 aromatic rings. The number of Topliss-reactive ketones (excluding diaryl/α,β-unsaturated/α-hetero) is 1. The first-order chi connectivity index (χ1) is 22.1. The predicted molar refractivity (Wildman–Crippen MR) is 165 cm³/mol. The standard InChI is InChI=1S/C29H30N12O5/c1-14-6-8-17(18(10-14)25-38-40-41-39-25)21(42)5-3-2-4-20(28(45)46)35-27(44)15-7-9-19(22(43)11-15)32-12-16-13-33-26-23(34-16)24(30)36-29(31)37-26/h6-11,13,20,32,43H,2-5,12H2,1H3,(H,35,44)(H,45,46)(H,38,39,40,41)(H4,30,31,33,36,37)/t20-/m0/s1. The summed E-state index contributed by atoms with van der Waals surface area (Å²) in [5, 5.41) is 39.6. The number of nitrogens with one attached hydrogen (secondary N) is 3. The molecule has 0 radical (unpaired) electrons. The van der Waals surface area contributed by atoms with Gasteiger partial charge in [0.2, 0.25) is 11.8 Å². The van der Waals surface area contributed by atoms with Gasteiger partial charge in [0.15, 0.2) is 22.8 Å². The molecule has 0 fully saturated rings. The highest BCUT2D eigenvalue weighted by Gasteiger charge is 2.22. The second kappa shape index (κ2) is 13.6. The first-order valence-corrected chi connectivity index (χ1v) is 14.1. The smallest absolute Gasteiger partial charge is 0.326 e. The number of carboxylic acids is 1. The Morgan fingerprint density at radius 2 is 1.87 bits per heavy atom. The summed E-state index contributed by atoms with van der Waals surface area (Å²) in [5.41, 5.74) is 14.8. The molecule has 1 atom stereocenters. The fraction of sp³-hybridized carbons (Fsp3) is 0.241. The zero-order valence-electron chi connectivity index (χ0n) is 24.6.